The molecule has 1 saturated heterocycles. The fourth-order valence-electron chi connectivity index (χ4n) is 2.39. The Morgan fingerprint density at radius 2 is 2.20 bits per heavy atom. The molecule has 1 aromatic carbocycles. The van der Waals surface area contributed by atoms with Crippen LogP contribution in [0.5, 0.6) is 5.75 Å². The van der Waals surface area contributed by atoms with E-state index >= 15 is 0 Å². The van der Waals surface area contributed by atoms with E-state index in [-0.39, 0.29) is 5.91 Å². The monoisotopic (exact) mass is 273 g/mol. The zero-order valence-electron chi connectivity index (χ0n) is 11.9. The van der Waals surface area contributed by atoms with Gasteiger partial charge in [0.2, 0.25) is 5.91 Å². The first kappa shape index (κ1) is 14.4. The summed E-state index contributed by atoms with van der Waals surface area (Å²) in [5, 5.41) is 8.99. The Balaban J connectivity index is 2.16. The number of carbonyl (C=O) groups is 1. The maximum atomic E-state index is 11.9. The van der Waals surface area contributed by atoms with Gasteiger partial charge >= 0.3 is 0 Å². The van der Waals surface area contributed by atoms with Crippen LogP contribution in [0, 0.1) is 11.3 Å². The minimum Gasteiger partial charge on any atom is -0.496 e. The SMILES string of the molecule is COc1ccc(C#N)cc1CN1CCCN(C)C(=O)C1. The van der Waals surface area contributed by atoms with Crippen molar-refractivity contribution in [3.8, 4) is 11.8 Å². The summed E-state index contributed by atoms with van der Waals surface area (Å²) in [6.45, 7) is 2.70. The normalized spacial score (nSPS) is 16.6. The number of nitrogens with zero attached hydrogens (tertiary/aromatic N) is 3. The molecule has 0 spiro atoms. The first-order valence-electron chi connectivity index (χ1n) is 6.67. The van der Waals surface area contributed by atoms with Crippen molar-refractivity contribution in [2.75, 3.05) is 33.8 Å². The quantitative estimate of drug-likeness (QED) is 0.831. The average Bonchev–Trinajstić information content (AvgIpc) is 2.61. The number of carbonyl (C=O) groups excluding carboxylic acids is 1. The van der Waals surface area contributed by atoms with Gasteiger partial charge < -0.3 is 9.64 Å². The second kappa shape index (κ2) is 6.40. The van der Waals surface area contributed by atoms with Crippen LogP contribution in [0.4, 0.5) is 0 Å². The third kappa shape index (κ3) is 3.28. The number of hydrogen-bond donors (Lipinski definition) is 0. The predicted octanol–water partition coefficient (Wildman–Crippen LogP) is 1.23. The van der Waals surface area contributed by atoms with Gasteiger partial charge in [0.25, 0.3) is 0 Å². The van der Waals surface area contributed by atoms with Crippen LogP contribution >= 0.6 is 0 Å². The number of methoxy groups -OCH3 is 1. The van der Waals surface area contributed by atoms with Crippen LogP contribution in [0.3, 0.4) is 0 Å². The smallest absolute Gasteiger partial charge is 0.236 e. The number of ether oxygens (including phenoxy) is 1. The Labute approximate surface area is 119 Å². The number of likely N-dealkylation sites (N-methyl/N-ethyl adjacent to an activating group) is 1. The molecule has 5 heteroatoms. The predicted molar refractivity (Wildman–Crippen MR) is 75.2 cm³/mol. The van der Waals surface area contributed by atoms with Crippen LogP contribution in [0.1, 0.15) is 17.5 Å². The molecule has 1 amide bonds. The van der Waals surface area contributed by atoms with Crippen molar-refractivity contribution in [2.45, 2.75) is 13.0 Å². The second-order valence-electron chi connectivity index (χ2n) is 5.02. The fraction of sp³-hybridized carbons (Fsp3) is 0.467. The van der Waals surface area contributed by atoms with E-state index in [1.54, 1.807) is 24.1 Å². The van der Waals surface area contributed by atoms with E-state index in [9.17, 15) is 4.79 Å². The number of rotatable bonds is 3. The van der Waals surface area contributed by atoms with Crippen LogP contribution < -0.4 is 4.74 Å². The van der Waals surface area contributed by atoms with E-state index < -0.39 is 0 Å². The molecule has 1 fully saturated rings. The van der Waals surface area contributed by atoms with E-state index in [4.69, 9.17) is 10.00 Å². The van der Waals surface area contributed by atoms with E-state index in [0.717, 1.165) is 30.8 Å². The van der Waals surface area contributed by atoms with Gasteiger partial charge in [-0.25, -0.2) is 0 Å². The van der Waals surface area contributed by atoms with Crippen LogP contribution in [0.15, 0.2) is 18.2 Å². The Bertz CT molecular complexity index is 536. The molecule has 106 valence electrons. The van der Waals surface area contributed by atoms with E-state index in [2.05, 4.69) is 11.0 Å². The molecule has 0 aliphatic carbocycles. The molecule has 5 nitrogen and oxygen atoms in total. The van der Waals surface area contributed by atoms with Gasteiger partial charge in [-0.15, -0.1) is 0 Å². The molecule has 1 aliphatic heterocycles. The third-order valence-corrected chi connectivity index (χ3v) is 3.56. The molecule has 1 heterocycles. The van der Waals surface area contributed by atoms with Gasteiger partial charge in [0, 0.05) is 32.2 Å². The van der Waals surface area contributed by atoms with Crippen molar-refractivity contribution in [1.82, 2.24) is 9.80 Å². The lowest BCUT2D eigenvalue weighted by atomic mass is 10.1. The molecule has 1 aliphatic rings. The second-order valence-corrected chi connectivity index (χ2v) is 5.02. The van der Waals surface area contributed by atoms with Gasteiger partial charge in [0.05, 0.1) is 25.3 Å². The molecular formula is C15H19N3O2. The zero-order chi connectivity index (χ0) is 14.5. The zero-order valence-corrected chi connectivity index (χ0v) is 11.9. The summed E-state index contributed by atoms with van der Waals surface area (Å²) in [7, 11) is 3.45. The number of amides is 1. The maximum absolute atomic E-state index is 11.9. The Kier molecular flexibility index (Phi) is 4.59. The highest BCUT2D eigenvalue weighted by atomic mass is 16.5. The van der Waals surface area contributed by atoms with Gasteiger partial charge in [-0.2, -0.15) is 5.26 Å². The Hall–Kier alpha value is -2.06. The molecule has 0 radical (unpaired) electrons. The Morgan fingerprint density at radius 1 is 1.40 bits per heavy atom. The molecular weight excluding hydrogens is 254 g/mol. The fourth-order valence-corrected chi connectivity index (χ4v) is 2.39. The number of nitriles is 1. The Morgan fingerprint density at radius 3 is 2.90 bits per heavy atom. The van der Waals surface area contributed by atoms with Gasteiger partial charge in [0.1, 0.15) is 5.75 Å². The third-order valence-electron chi connectivity index (χ3n) is 3.56. The summed E-state index contributed by atoms with van der Waals surface area (Å²) >= 11 is 0. The van der Waals surface area contributed by atoms with Crippen molar-refractivity contribution in [2.24, 2.45) is 0 Å². The summed E-state index contributed by atoms with van der Waals surface area (Å²) in [5.41, 5.74) is 1.56. The maximum Gasteiger partial charge on any atom is 0.236 e. The lowest BCUT2D eigenvalue weighted by molar-refractivity contribution is -0.130. The highest BCUT2D eigenvalue weighted by molar-refractivity contribution is 5.78. The van der Waals surface area contributed by atoms with Crippen LogP contribution in [-0.4, -0.2) is 49.5 Å². The molecule has 0 unspecified atom stereocenters. The molecule has 0 atom stereocenters. The summed E-state index contributed by atoms with van der Waals surface area (Å²) in [6.07, 6.45) is 0.961. The highest BCUT2D eigenvalue weighted by Crippen LogP contribution is 2.22. The first-order valence-corrected chi connectivity index (χ1v) is 6.67. The van der Waals surface area contributed by atoms with Crippen molar-refractivity contribution in [1.29, 1.82) is 5.26 Å². The van der Waals surface area contributed by atoms with Crippen molar-refractivity contribution < 1.29 is 9.53 Å². The minimum atomic E-state index is 0.137. The van der Waals surface area contributed by atoms with Gasteiger partial charge in [-0.3, -0.25) is 9.69 Å². The molecule has 0 aromatic heterocycles. The van der Waals surface area contributed by atoms with Crippen molar-refractivity contribution in [3.05, 3.63) is 29.3 Å². The molecule has 2 rings (SSSR count). The molecule has 0 bridgehead atoms. The topological polar surface area (TPSA) is 56.6 Å². The first-order chi connectivity index (χ1) is 9.63. The van der Waals surface area contributed by atoms with E-state index in [0.29, 0.717) is 18.7 Å². The molecule has 1 aromatic rings. The number of benzene rings is 1. The molecule has 20 heavy (non-hydrogen) atoms. The largest absolute Gasteiger partial charge is 0.496 e. The summed E-state index contributed by atoms with van der Waals surface area (Å²) in [4.78, 5) is 15.8. The van der Waals surface area contributed by atoms with Gasteiger partial charge in [-0.1, -0.05) is 0 Å². The summed E-state index contributed by atoms with van der Waals surface area (Å²) in [6, 6.07) is 7.51. The van der Waals surface area contributed by atoms with Crippen LogP contribution in [0.2, 0.25) is 0 Å². The van der Waals surface area contributed by atoms with E-state index in [1.165, 1.54) is 0 Å². The minimum absolute atomic E-state index is 0.137. The lowest BCUT2D eigenvalue weighted by Gasteiger charge is -2.20. The molecule has 0 N–H and O–H groups in total. The summed E-state index contributed by atoms with van der Waals surface area (Å²) in [5.74, 6) is 0.895. The lowest BCUT2D eigenvalue weighted by Crippen LogP contribution is -2.34. The van der Waals surface area contributed by atoms with Crippen molar-refractivity contribution in [3.63, 3.8) is 0 Å². The van der Waals surface area contributed by atoms with Crippen molar-refractivity contribution >= 4 is 5.91 Å². The van der Waals surface area contributed by atoms with Gasteiger partial charge in [0.15, 0.2) is 0 Å². The molecule has 0 saturated carbocycles. The van der Waals surface area contributed by atoms with Crippen LogP contribution in [0.25, 0.3) is 0 Å². The summed E-state index contributed by atoms with van der Waals surface area (Å²) < 4.78 is 5.33. The highest BCUT2D eigenvalue weighted by Gasteiger charge is 2.20. The van der Waals surface area contributed by atoms with Crippen LogP contribution in [-0.2, 0) is 11.3 Å². The standard InChI is InChI=1S/C15H19N3O2/c1-17-6-3-7-18(11-15(17)19)10-13-8-12(9-16)4-5-14(13)20-2/h4-5,8H,3,6-7,10-11H2,1-2H3. The van der Waals surface area contributed by atoms with E-state index in [1.807, 2.05) is 13.1 Å². The average molecular weight is 273 g/mol. The van der Waals surface area contributed by atoms with Gasteiger partial charge in [-0.05, 0) is 24.6 Å². The number of hydrogen-bond acceptors (Lipinski definition) is 4.